The summed E-state index contributed by atoms with van der Waals surface area (Å²) in [4.78, 5) is 8.89. The van der Waals surface area contributed by atoms with E-state index in [1.54, 1.807) is 54.6 Å². The quantitative estimate of drug-likeness (QED) is 0.0650. The Balaban J connectivity index is 0.000000238. The molecule has 0 unspecified atom stereocenters. The van der Waals surface area contributed by atoms with E-state index in [4.69, 9.17) is 51.2 Å². The number of hydrogen-bond acceptors (Lipinski definition) is 14. The second-order valence-corrected chi connectivity index (χ2v) is 15.5. The van der Waals surface area contributed by atoms with E-state index in [1.807, 2.05) is 52.9 Å². The predicted molar refractivity (Wildman–Crippen MR) is 243 cm³/mol. The summed E-state index contributed by atoms with van der Waals surface area (Å²) in [6.45, 7) is 13.9. The molecule has 0 aliphatic carbocycles. The van der Waals surface area contributed by atoms with Crippen molar-refractivity contribution in [3.63, 3.8) is 0 Å². The molecule has 0 aliphatic heterocycles. The Kier molecular flexibility index (Phi) is 18.6. The highest BCUT2D eigenvalue weighted by molar-refractivity contribution is 6.33. The first kappa shape index (κ1) is 47.9. The van der Waals surface area contributed by atoms with Crippen LogP contribution in [0.15, 0.2) is 81.8 Å². The van der Waals surface area contributed by atoms with Gasteiger partial charge in [0.1, 0.15) is 35.1 Å². The molecule has 0 saturated heterocycles. The van der Waals surface area contributed by atoms with Gasteiger partial charge in [-0.1, -0.05) is 40.4 Å². The highest BCUT2D eigenvalue weighted by Gasteiger charge is 2.18. The van der Waals surface area contributed by atoms with E-state index >= 15 is 0 Å². The summed E-state index contributed by atoms with van der Waals surface area (Å²) in [7, 11) is 1.93. The predicted octanol–water partition coefficient (Wildman–Crippen LogP) is 10.6. The number of unbranched alkanes of at least 4 members (excludes halogenated alkanes) is 2. The first-order valence-corrected chi connectivity index (χ1v) is 21.6. The number of halogens is 2. The Hall–Kier alpha value is -6.16. The number of hydrogen-bond donors (Lipinski definition) is 2. The summed E-state index contributed by atoms with van der Waals surface area (Å²) in [6, 6.07) is 25.4. The van der Waals surface area contributed by atoms with E-state index in [-0.39, 0.29) is 12.2 Å². The Morgan fingerprint density at radius 1 is 0.635 bits per heavy atom. The zero-order chi connectivity index (χ0) is 45.1. The summed E-state index contributed by atoms with van der Waals surface area (Å²) in [5.41, 5.74) is 3.34. The Labute approximate surface area is 378 Å². The van der Waals surface area contributed by atoms with Crippen molar-refractivity contribution >= 4 is 23.2 Å². The van der Waals surface area contributed by atoms with Crippen LogP contribution in [0.1, 0.15) is 71.4 Å². The molecule has 0 fully saturated rings. The topological polar surface area (TPSA) is 186 Å². The van der Waals surface area contributed by atoms with Gasteiger partial charge >= 0.3 is 0 Å². The standard InChI is InChI=1S/C24H27ClN4O3.C23H25ClN4O3/c1-4-27-11-5-6-12-30-19-8-9-20(21(25)14-19)23-28-24(32-29-23)17-7-10-22(31-16(2)3)18(13-17)15-26;1-15(2)30-21-9-6-16(12-17(21)14-25)23-27-22(28-31-23)19-8-7-18(13-20(19)24)29-11-5-4-10-26-3/h7-10,13-14,16,27H,4-6,11-12H2,1-3H3;6-9,12-13,15,26H,4-5,10-11H2,1-3H3. The fourth-order valence-corrected chi connectivity index (χ4v) is 6.47. The van der Waals surface area contributed by atoms with Crippen LogP contribution in [0.2, 0.25) is 10.0 Å². The Bertz CT molecular complexity index is 2480. The maximum atomic E-state index is 9.43. The molecule has 6 aromatic rings. The van der Waals surface area contributed by atoms with Crippen molar-refractivity contribution in [1.82, 2.24) is 30.9 Å². The van der Waals surface area contributed by atoms with Gasteiger partial charge in [0.2, 0.25) is 11.6 Å². The maximum Gasteiger partial charge on any atom is 0.258 e. The molecular weight excluding hydrogens is 843 g/mol. The zero-order valence-corrected chi connectivity index (χ0v) is 37.8. The third-order valence-corrected chi connectivity index (χ3v) is 9.62. The zero-order valence-electron chi connectivity index (χ0n) is 36.3. The van der Waals surface area contributed by atoms with E-state index in [9.17, 15) is 10.5 Å². The van der Waals surface area contributed by atoms with Crippen LogP contribution in [-0.4, -0.2) is 72.4 Å². The van der Waals surface area contributed by atoms with Gasteiger partial charge in [-0.05, 0) is 153 Å². The summed E-state index contributed by atoms with van der Waals surface area (Å²) < 4.78 is 33.7. The van der Waals surface area contributed by atoms with Crippen LogP contribution in [0.5, 0.6) is 23.0 Å². The number of rotatable bonds is 21. The van der Waals surface area contributed by atoms with Crippen molar-refractivity contribution < 1.29 is 28.0 Å². The lowest BCUT2D eigenvalue weighted by Crippen LogP contribution is -2.14. The van der Waals surface area contributed by atoms with E-state index < -0.39 is 0 Å². The largest absolute Gasteiger partial charge is 0.494 e. The van der Waals surface area contributed by atoms with Crippen molar-refractivity contribution in [3.05, 3.63) is 94.0 Å². The monoisotopic (exact) mass is 894 g/mol. The molecule has 0 radical (unpaired) electrons. The molecule has 0 bridgehead atoms. The molecule has 14 nitrogen and oxygen atoms in total. The Morgan fingerprint density at radius 3 is 1.49 bits per heavy atom. The molecule has 330 valence electrons. The van der Waals surface area contributed by atoms with E-state index in [0.29, 0.717) is 103 Å². The molecule has 6 rings (SSSR count). The molecule has 4 aromatic carbocycles. The summed E-state index contributed by atoms with van der Waals surface area (Å²) in [6.07, 6.45) is 3.97. The second-order valence-electron chi connectivity index (χ2n) is 14.7. The van der Waals surface area contributed by atoms with Crippen LogP contribution < -0.4 is 29.6 Å². The van der Waals surface area contributed by atoms with Gasteiger partial charge in [0.25, 0.3) is 11.8 Å². The van der Waals surface area contributed by atoms with Gasteiger partial charge in [-0.3, -0.25) is 0 Å². The van der Waals surface area contributed by atoms with Crippen molar-refractivity contribution in [3.8, 4) is 80.8 Å². The lowest BCUT2D eigenvalue weighted by Gasteiger charge is -2.11. The van der Waals surface area contributed by atoms with Crippen LogP contribution in [-0.2, 0) is 0 Å². The van der Waals surface area contributed by atoms with Crippen molar-refractivity contribution in [2.24, 2.45) is 0 Å². The van der Waals surface area contributed by atoms with Gasteiger partial charge < -0.3 is 38.6 Å². The van der Waals surface area contributed by atoms with Gasteiger partial charge in [0.15, 0.2) is 0 Å². The molecule has 0 saturated carbocycles. The average molecular weight is 896 g/mol. The first-order valence-electron chi connectivity index (χ1n) is 20.8. The van der Waals surface area contributed by atoms with E-state index in [0.717, 1.165) is 45.3 Å². The number of nitrogens with one attached hydrogen (secondary N) is 2. The van der Waals surface area contributed by atoms with Gasteiger partial charge in [0.05, 0.1) is 46.6 Å². The molecule has 0 amide bonds. The van der Waals surface area contributed by atoms with Crippen LogP contribution >= 0.6 is 23.2 Å². The molecular formula is C47H52Cl2N8O6. The number of ether oxygens (including phenoxy) is 4. The van der Waals surface area contributed by atoms with Crippen LogP contribution in [0.25, 0.3) is 45.7 Å². The minimum absolute atomic E-state index is 0.0320. The summed E-state index contributed by atoms with van der Waals surface area (Å²) in [5, 5.41) is 34.3. The minimum Gasteiger partial charge on any atom is -0.494 e. The molecule has 2 N–H and O–H groups in total. The van der Waals surface area contributed by atoms with Crippen molar-refractivity contribution in [2.75, 3.05) is 39.9 Å². The lowest BCUT2D eigenvalue weighted by atomic mass is 10.1. The number of benzene rings is 4. The number of aromatic nitrogens is 4. The fraction of sp³-hybridized carbons (Fsp3) is 0.362. The van der Waals surface area contributed by atoms with Crippen LogP contribution in [0.3, 0.4) is 0 Å². The highest BCUT2D eigenvalue weighted by atomic mass is 35.5. The number of nitrogens with zero attached hydrogens (tertiary/aromatic N) is 6. The highest BCUT2D eigenvalue weighted by Crippen LogP contribution is 2.34. The van der Waals surface area contributed by atoms with Gasteiger partial charge in [-0.2, -0.15) is 20.5 Å². The summed E-state index contributed by atoms with van der Waals surface area (Å²) >= 11 is 12.9. The smallest absolute Gasteiger partial charge is 0.258 e. The van der Waals surface area contributed by atoms with Gasteiger partial charge in [-0.15, -0.1) is 0 Å². The fourth-order valence-electron chi connectivity index (χ4n) is 5.96. The van der Waals surface area contributed by atoms with Crippen molar-refractivity contribution in [1.29, 1.82) is 10.5 Å². The second kappa shape index (κ2) is 24.5. The Morgan fingerprint density at radius 2 is 1.10 bits per heavy atom. The van der Waals surface area contributed by atoms with E-state index in [1.165, 1.54) is 0 Å². The van der Waals surface area contributed by atoms with E-state index in [2.05, 4.69) is 50.0 Å². The lowest BCUT2D eigenvalue weighted by molar-refractivity contribution is 0.241. The third-order valence-electron chi connectivity index (χ3n) is 8.99. The van der Waals surface area contributed by atoms with Crippen LogP contribution in [0, 0.1) is 22.7 Å². The third kappa shape index (κ3) is 14.2. The molecule has 16 heteroatoms. The molecule has 2 heterocycles. The molecule has 0 spiro atoms. The van der Waals surface area contributed by atoms with Gasteiger partial charge in [-0.25, -0.2) is 0 Å². The minimum atomic E-state index is -0.0323. The molecule has 0 atom stereocenters. The summed E-state index contributed by atoms with van der Waals surface area (Å²) in [5.74, 6) is 3.75. The van der Waals surface area contributed by atoms with Gasteiger partial charge in [0, 0.05) is 22.3 Å². The first-order chi connectivity index (χ1) is 30.5. The molecule has 2 aromatic heterocycles. The SMILES string of the molecule is CCNCCCCOc1ccc(-c2noc(-c3ccc(OC(C)C)c(C#N)c3)n2)c(Cl)c1.CNCCCCOc1ccc(-c2noc(-c3ccc(OC(C)C)c(C#N)c3)n2)c(Cl)c1. The van der Waals surface area contributed by atoms with Crippen molar-refractivity contribution in [2.45, 2.75) is 72.5 Å². The molecule has 0 aliphatic rings. The molecule has 63 heavy (non-hydrogen) atoms. The van der Waals surface area contributed by atoms with Crippen LogP contribution in [0.4, 0.5) is 0 Å². The maximum absolute atomic E-state index is 9.43. The normalized spacial score (nSPS) is 10.9. The average Bonchev–Trinajstić information content (AvgIpc) is 3.97. The number of nitriles is 2.